The summed E-state index contributed by atoms with van der Waals surface area (Å²) in [7, 11) is 1.89. The van der Waals surface area contributed by atoms with Gasteiger partial charge in [0.25, 0.3) is 0 Å². The number of rotatable bonds is 1. The summed E-state index contributed by atoms with van der Waals surface area (Å²) in [5.74, 6) is 0. The highest BCUT2D eigenvalue weighted by Gasteiger charge is 1.98. The van der Waals surface area contributed by atoms with Gasteiger partial charge in [0, 0.05) is 13.2 Å². The highest BCUT2D eigenvalue weighted by molar-refractivity contribution is 9.10. The molecule has 0 bridgehead atoms. The van der Waals surface area contributed by atoms with Gasteiger partial charge in [-0.1, -0.05) is 0 Å². The molecule has 0 spiro atoms. The van der Waals surface area contributed by atoms with Crippen LogP contribution in [0.3, 0.4) is 0 Å². The zero-order chi connectivity index (χ0) is 8.55. The van der Waals surface area contributed by atoms with Crippen molar-refractivity contribution in [3.05, 3.63) is 29.1 Å². The van der Waals surface area contributed by atoms with Gasteiger partial charge in [0.05, 0.1) is 11.9 Å². The smallest absolute Gasteiger partial charge is 0.137 e. The molecule has 0 aliphatic rings. The summed E-state index contributed by atoms with van der Waals surface area (Å²) >= 11 is 3.40. The number of nitrogens with zero attached hydrogens (tertiary/aromatic N) is 2. The zero-order valence-electron chi connectivity index (χ0n) is 6.58. The third-order valence-electron chi connectivity index (χ3n) is 1.75. The average molecular weight is 226 g/mol. The van der Waals surface area contributed by atoms with Gasteiger partial charge < -0.3 is 5.32 Å². The molecule has 0 saturated carbocycles. The van der Waals surface area contributed by atoms with Gasteiger partial charge >= 0.3 is 0 Å². The molecule has 0 saturated heterocycles. The van der Waals surface area contributed by atoms with Crippen LogP contribution in [0.15, 0.2) is 29.1 Å². The van der Waals surface area contributed by atoms with Gasteiger partial charge in [-0.25, -0.2) is 4.98 Å². The topological polar surface area (TPSA) is 29.3 Å². The Morgan fingerprint density at radius 2 is 2.33 bits per heavy atom. The summed E-state index contributed by atoms with van der Waals surface area (Å²) in [5.41, 5.74) is 2.02. The first-order valence-corrected chi connectivity index (χ1v) is 4.41. The predicted molar refractivity (Wildman–Crippen MR) is 52.4 cm³/mol. The number of imidazole rings is 1. The van der Waals surface area contributed by atoms with Crippen molar-refractivity contribution < 1.29 is 0 Å². The first-order chi connectivity index (χ1) is 5.81. The van der Waals surface area contributed by atoms with E-state index < -0.39 is 0 Å². The van der Waals surface area contributed by atoms with Crippen molar-refractivity contribution in [3.8, 4) is 0 Å². The van der Waals surface area contributed by atoms with E-state index in [4.69, 9.17) is 0 Å². The molecular weight excluding hydrogens is 218 g/mol. The Morgan fingerprint density at radius 3 is 3.08 bits per heavy atom. The van der Waals surface area contributed by atoms with E-state index in [1.807, 2.05) is 29.8 Å². The minimum absolute atomic E-state index is 0.945. The second-order valence-corrected chi connectivity index (χ2v) is 3.29. The van der Waals surface area contributed by atoms with E-state index in [9.17, 15) is 0 Å². The maximum absolute atomic E-state index is 4.18. The van der Waals surface area contributed by atoms with Crippen LogP contribution < -0.4 is 5.32 Å². The monoisotopic (exact) mass is 225 g/mol. The van der Waals surface area contributed by atoms with Crippen LogP contribution in [0.4, 0.5) is 5.69 Å². The Hall–Kier alpha value is -1.03. The molecule has 1 N–H and O–H groups in total. The van der Waals surface area contributed by atoms with Crippen molar-refractivity contribution >= 4 is 27.3 Å². The standard InChI is InChI=1S/C8H8BrN3/c1-10-6-2-3-8-11-4-7(9)12(8)5-6/h2-5,10H,1H3. The Labute approximate surface area is 78.6 Å². The molecule has 0 aliphatic carbocycles. The molecule has 2 rings (SSSR count). The van der Waals surface area contributed by atoms with Crippen molar-refractivity contribution in [1.29, 1.82) is 0 Å². The van der Waals surface area contributed by atoms with Crippen molar-refractivity contribution in [2.75, 3.05) is 12.4 Å². The zero-order valence-corrected chi connectivity index (χ0v) is 8.17. The van der Waals surface area contributed by atoms with Crippen LogP contribution in [-0.2, 0) is 0 Å². The molecule has 2 aromatic heterocycles. The van der Waals surface area contributed by atoms with Gasteiger partial charge in [0.1, 0.15) is 10.3 Å². The molecule has 62 valence electrons. The van der Waals surface area contributed by atoms with Crippen LogP contribution in [0, 0.1) is 0 Å². The van der Waals surface area contributed by atoms with Crippen LogP contribution in [0.5, 0.6) is 0 Å². The maximum atomic E-state index is 4.18. The lowest BCUT2D eigenvalue weighted by molar-refractivity contribution is 1.15. The third kappa shape index (κ3) is 1.08. The molecule has 4 heteroatoms. The van der Waals surface area contributed by atoms with Crippen LogP contribution in [0.1, 0.15) is 0 Å². The second-order valence-electron chi connectivity index (χ2n) is 2.48. The van der Waals surface area contributed by atoms with E-state index in [1.54, 1.807) is 6.20 Å². The van der Waals surface area contributed by atoms with E-state index in [1.165, 1.54) is 0 Å². The fraction of sp³-hybridized carbons (Fsp3) is 0.125. The maximum Gasteiger partial charge on any atom is 0.137 e. The lowest BCUT2D eigenvalue weighted by Gasteiger charge is -2.00. The van der Waals surface area contributed by atoms with Gasteiger partial charge in [-0.3, -0.25) is 4.40 Å². The lowest BCUT2D eigenvalue weighted by Crippen LogP contribution is -1.91. The summed E-state index contributed by atoms with van der Waals surface area (Å²) in [6.07, 6.45) is 3.78. The molecule has 3 nitrogen and oxygen atoms in total. The molecule has 0 radical (unpaired) electrons. The fourth-order valence-electron chi connectivity index (χ4n) is 1.10. The van der Waals surface area contributed by atoms with Crippen LogP contribution >= 0.6 is 15.9 Å². The molecule has 0 amide bonds. The molecule has 12 heavy (non-hydrogen) atoms. The third-order valence-corrected chi connectivity index (χ3v) is 2.34. The number of anilines is 1. The summed E-state index contributed by atoms with van der Waals surface area (Å²) in [4.78, 5) is 4.18. The van der Waals surface area contributed by atoms with E-state index in [-0.39, 0.29) is 0 Å². The minimum atomic E-state index is 0.945. The van der Waals surface area contributed by atoms with E-state index in [0.717, 1.165) is 15.9 Å². The van der Waals surface area contributed by atoms with E-state index in [0.29, 0.717) is 0 Å². The number of aromatic nitrogens is 2. The van der Waals surface area contributed by atoms with Gasteiger partial charge in [0.15, 0.2) is 0 Å². The van der Waals surface area contributed by atoms with Gasteiger partial charge in [-0.2, -0.15) is 0 Å². The van der Waals surface area contributed by atoms with Gasteiger partial charge in [0.2, 0.25) is 0 Å². The van der Waals surface area contributed by atoms with E-state index in [2.05, 4.69) is 26.2 Å². The number of hydrogen-bond acceptors (Lipinski definition) is 2. The minimum Gasteiger partial charge on any atom is -0.387 e. The summed E-state index contributed by atoms with van der Waals surface area (Å²) < 4.78 is 2.95. The Morgan fingerprint density at radius 1 is 1.50 bits per heavy atom. The van der Waals surface area contributed by atoms with Crippen molar-refractivity contribution in [2.24, 2.45) is 0 Å². The SMILES string of the molecule is CNc1ccc2ncc(Br)n2c1. The molecule has 0 aliphatic heterocycles. The number of pyridine rings is 1. The number of halogens is 1. The summed E-state index contributed by atoms with van der Waals surface area (Å²) in [6, 6.07) is 3.96. The Balaban J connectivity index is 2.71. The number of nitrogens with one attached hydrogen (secondary N) is 1. The van der Waals surface area contributed by atoms with E-state index >= 15 is 0 Å². The second kappa shape index (κ2) is 2.79. The average Bonchev–Trinajstić information content (AvgIpc) is 2.47. The summed E-state index contributed by atoms with van der Waals surface area (Å²) in [6.45, 7) is 0. The first kappa shape index (κ1) is 7.61. The largest absolute Gasteiger partial charge is 0.387 e. The molecule has 2 heterocycles. The highest BCUT2D eigenvalue weighted by Crippen LogP contribution is 2.15. The molecule has 0 fully saturated rings. The van der Waals surface area contributed by atoms with Crippen LogP contribution in [0.25, 0.3) is 5.65 Å². The summed E-state index contributed by atoms with van der Waals surface area (Å²) in [5, 5.41) is 3.07. The Bertz CT molecular complexity index is 408. The van der Waals surface area contributed by atoms with Crippen molar-refractivity contribution in [2.45, 2.75) is 0 Å². The van der Waals surface area contributed by atoms with Crippen LogP contribution in [0.2, 0.25) is 0 Å². The normalized spacial score (nSPS) is 10.5. The van der Waals surface area contributed by atoms with Gasteiger partial charge in [-0.15, -0.1) is 0 Å². The molecule has 0 unspecified atom stereocenters. The fourth-order valence-corrected chi connectivity index (χ4v) is 1.49. The predicted octanol–water partition coefficient (Wildman–Crippen LogP) is 2.14. The highest BCUT2D eigenvalue weighted by atomic mass is 79.9. The number of fused-ring (bicyclic) bond motifs is 1. The molecular formula is C8H8BrN3. The van der Waals surface area contributed by atoms with Crippen molar-refractivity contribution in [3.63, 3.8) is 0 Å². The van der Waals surface area contributed by atoms with Crippen LogP contribution in [-0.4, -0.2) is 16.4 Å². The van der Waals surface area contributed by atoms with Gasteiger partial charge in [-0.05, 0) is 28.1 Å². The number of hydrogen-bond donors (Lipinski definition) is 1. The van der Waals surface area contributed by atoms with Crippen molar-refractivity contribution in [1.82, 2.24) is 9.38 Å². The lowest BCUT2D eigenvalue weighted by atomic mass is 10.4. The quantitative estimate of drug-likeness (QED) is 0.807. The molecule has 0 aromatic carbocycles. The molecule has 0 atom stereocenters. The first-order valence-electron chi connectivity index (χ1n) is 3.61. The Kier molecular flexibility index (Phi) is 1.77. The molecule has 2 aromatic rings.